The number of carbonyl (C=O) groups is 1. The average Bonchev–Trinajstić information content (AvgIpc) is 2.89. The number of aromatic nitrogens is 2. The van der Waals surface area contributed by atoms with Gasteiger partial charge in [0.05, 0.1) is 11.0 Å². The van der Waals surface area contributed by atoms with E-state index in [-0.39, 0.29) is 5.24 Å². The second-order valence-corrected chi connectivity index (χ2v) is 6.97. The lowest BCUT2D eigenvalue weighted by Gasteiger charge is -2.02. The van der Waals surface area contributed by atoms with Crippen molar-refractivity contribution in [1.29, 1.82) is 0 Å². The van der Waals surface area contributed by atoms with Gasteiger partial charge in [-0.3, -0.25) is 14.3 Å². The molecule has 7 heteroatoms. The first-order valence-corrected chi connectivity index (χ1v) is 8.86. The quantitative estimate of drug-likeness (QED) is 0.719. The summed E-state index contributed by atoms with van der Waals surface area (Å²) in [5, 5.41) is 2.48. The van der Waals surface area contributed by atoms with Gasteiger partial charge in [0.15, 0.2) is 0 Å². The number of nitrogens with zero attached hydrogens (tertiary/aromatic N) is 1. The van der Waals surface area contributed by atoms with Crippen LogP contribution in [0, 0.1) is 0 Å². The SMILES string of the molecule is CS(=O)c1ccc(SC(=O)Nc2nc3ccccc3[nH]2)cc1. The number of imidazole rings is 1. The molecule has 0 fully saturated rings. The summed E-state index contributed by atoms with van der Waals surface area (Å²) < 4.78 is 11.3. The highest BCUT2D eigenvalue weighted by Crippen LogP contribution is 2.22. The van der Waals surface area contributed by atoms with Gasteiger partial charge in [-0.05, 0) is 48.2 Å². The number of hydrogen-bond donors (Lipinski definition) is 2. The minimum Gasteiger partial charge on any atom is -0.324 e. The summed E-state index contributed by atoms with van der Waals surface area (Å²) >= 11 is 1.06. The first-order valence-electron chi connectivity index (χ1n) is 6.49. The van der Waals surface area contributed by atoms with Crippen molar-refractivity contribution in [2.75, 3.05) is 11.6 Å². The topological polar surface area (TPSA) is 74.8 Å². The maximum absolute atomic E-state index is 12.0. The van der Waals surface area contributed by atoms with Gasteiger partial charge in [-0.25, -0.2) is 4.98 Å². The number of H-pyrrole nitrogens is 1. The number of rotatable bonds is 3. The molecule has 1 amide bonds. The van der Waals surface area contributed by atoms with E-state index in [1.165, 1.54) is 0 Å². The van der Waals surface area contributed by atoms with Crippen LogP contribution < -0.4 is 5.32 Å². The molecule has 1 aromatic heterocycles. The van der Waals surface area contributed by atoms with Crippen LogP contribution in [0.25, 0.3) is 11.0 Å². The van der Waals surface area contributed by atoms with Gasteiger partial charge >= 0.3 is 0 Å². The van der Waals surface area contributed by atoms with E-state index in [2.05, 4.69) is 15.3 Å². The zero-order valence-electron chi connectivity index (χ0n) is 11.7. The Morgan fingerprint density at radius 2 is 1.91 bits per heavy atom. The Kier molecular flexibility index (Phi) is 4.26. The average molecular weight is 331 g/mol. The molecule has 0 aliphatic rings. The minimum atomic E-state index is -1.02. The summed E-state index contributed by atoms with van der Waals surface area (Å²) in [6.45, 7) is 0. The number of aromatic amines is 1. The summed E-state index contributed by atoms with van der Waals surface area (Å²) in [7, 11) is -1.02. The van der Waals surface area contributed by atoms with E-state index in [1.807, 2.05) is 24.3 Å². The standard InChI is InChI=1S/C15H13N3O2S2/c1-22(20)11-8-6-10(7-9-11)21-15(19)18-14-16-12-4-2-3-5-13(12)17-14/h2-9H,1H3,(H2,16,17,18,19). The molecule has 0 aliphatic carbocycles. The summed E-state index contributed by atoms with van der Waals surface area (Å²) in [5.41, 5.74) is 1.68. The van der Waals surface area contributed by atoms with Gasteiger partial charge < -0.3 is 4.98 Å². The zero-order valence-corrected chi connectivity index (χ0v) is 13.3. The zero-order chi connectivity index (χ0) is 15.5. The molecule has 0 saturated carbocycles. The van der Waals surface area contributed by atoms with E-state index in [4.69, 9.17) is 0 Å². The Labute approximate surface area is 134 Å². The molecule has 3 rings (SSSR count). The van der Waals surface area contributed by atoms with Crippen molar-refractivity contribution in [3.63, 3.8) is 0 Å². The van der Waals surface area contributed by atoms with E-state index in [1.54, 1.807) is 30.5 Å². The smallest absolute Gasteiger partial charge is 0.290 e. The predicted molar refractivity (Wildman–Crippen MR) is 89.7 cm³/mol. The number of benzene rings is 2. The highest BCUT2D eigenvalue weighted by Gasteiger charge is 2.09. The highest BCUT2D eigenvalue weighted by molar-refractivity contribution is 8.13. The number of carbonyl (C=O) groups excluding carboxylic acids is 1. The highest BCUT2D eigenvalue weighted by atomic mass is 32.2. The first-order chi connectivity index (χ1) is 10.6. The molecular formula is C15H13N3O2S2. The third kappa shape index (κ3) is 3.37. The van der Waals surface area contributed by atoms with Crippen LogP contribution in [-0.2, 0) is 10.8 Å². The van der Waals surface area contributed by atoms with Crippen LogP contribution in [-0.4, -0.2) is 25.7 Å². The lowest BCUT2D eigenvalue weighted by Crippen LogP contribution is -2.05. The largest absolute Gasteiger partial charge is 0.324 e. The van der Waals surface area contributed by atoms with Crippen LogP contribution in [0.5, 0.6) is 0 Å². The van der Waals surface area contributed by atoms with E-state index in [0.717, 1.165) is 32.6 Å². The monoisotopic (exact) mass is 331 g/mol. The number of anilines is 1. The molecule has 2 aromatic carbocycles. The van der Waals surface area contributed by atoms with Crippen LogP contribution in [0.3, 0.4) is 0 Å². The number of para-hydroxylation sites is 2. The Morgan fingerprint density at radius 1 is 1.18 bits per heavy atom. The van der Waals surface area contributed by atoms with Crippen LogP contribution in [0.15, 0.2) is 58.3 Å². The molecule has 3 aromatic rings. The number of nitrogens with one attached hydrogen (secondary N) is 2. The fraction of sp³-hybridized carbons (Fsp3) is 0.0667. The van der Waals surface area contributed by atoms with E-state index >= 15 is 0 Å². The maximum atomic E-state index is 12.0. The Morgan fingerprint density at radius 3 is 2.59 bits per heavy atom. The van der Waals surface area contributed by atoms with Gasteiger partial charge in [-0.1, -0.05) is 12.1 Å². The molecule has 1 unspecified atom stereocenters. The van der Waals surface area contributed by atoms with Crippen LogP contribution in [0.4, 0.5) is 10.7 Å². The lowest BCUT2D eigenvalue weighted by molar-refractivity contribution is 0.269. The molecule has 5 nitrogen and oxygen atoms in total. The lowest BCUT2D eigenvalue weighted by atomic mass is 10.3. The number of fused-ring (bicyclic) bond motifs is 1. The summed E-state index contributed by atoms with van der Waals surface area (Å²) in [5.74, 6) is 0.421. The third-order valence-electron chi connectivity index (χ3n) is 2.98. The van der Waals surface area contributed by atoms with E-state index in [0.29, 0.717) is 5.95 Å². The molecular weight excluding hydrogens is 318 g/mol. The predicted octanol–water partition coefficient (Wildman–Crippen LogP) is 3.62. The van der Waals surface area contributed by atoms with Gasteiger partial charge in [0.25, 0.3) is 5.24 Å². The fourth-order valence-electron chi connectivity index (χ4n) is 1.94. The summed E-state index contributed by atoms with van der Waals surface area (Å²) in [6.07, 6.45) is 1.62. The molecule has 1 heterocycles. The molecule has 0 radical (unpaired) electrons. The number of hydrogen-bond acceptors (Lipinski definition) is 4. The molecule has 0 bridgehead atoms. The van der Waals surface area contributed by atoms with Crippen molar-refractivity contribution in [3.05, 3.63) is 48.5 Å². The third-order valence-corrected chi connectivity index (χ3v) is 4.71. The fourth-order valence-corrected chi connectivity index (χ4v) is 3.09. The van der Waals surface area contributed by atoms with E-state index < -0.39 is 10.8 Å². The van der Waals surface area contributed by atoms with Gasteiger partial charge in [0.2, 0.25) is 5.95 Å². The molecule has 1 atom stereocenters. The molecule has 0 aliphatic heterocycles. The minimum absolute atomic E-state index is 0.232. The van der Waals surface area contributed by atoms with Crippen molar-refractivity contribution < 1.29 is 9.00 Å². The van der Waals surface area contributed by atoms with Crippen molar-refractivity contribution in [1.82, 2.24) is 9.97 Å². The molecule has 2 N–H and O–H groups in total. The van der Waals surface area contributed by atoms with Crippen LogP contribution in [0.1, 0.15) is 0 Å². The Balaban J connectivity index is 1.68. The summed E-state index contributed by atoms with van der Waals surface area (Å²) in [4.78, 5) is 20.9. The second kappa shape index (κ2) is 6.33. The van der Waals surface area contributed by atoms with Crippen molar-refractivity contribution in [3.8, 4) is 0 Å². The van der Waals surface area contributed by atoms with Gasteiger partial charge in [-0.2, -0.15) is 0 Å². The maximum Gasteiger partial charge on any atom is 0.290 e. The van der Waals surface area contributed by atoms with Gasteiger partial charge in [0.1, 0.15) is 0 Å². The molecule has 0 saturated heterocycles. The van der Waals surface area contributed by atoms with Crippen molar-refractivity contribution in [2.24, 2.45) is 0 Å². The summed E-state index contributed by atoms with van der Waals surface area (Å²) in [6, 6.07) is 14.6. The second-order valence-electron chi connectivity index (χ2n) is 4.54. The van der Waals surface area contributed by atoms with Crippen molar-refractivity contribution >= 4 is 44.8 Å². The number of thioether (sulfide) groups is 1. The van der Waals surface area contributed by atoms with Crippen LogP contribution >= 0.6 is 11.8 Å². The Hall–Kier alpha value is -2.12. The van der Waals surface area contributed by atoms with Crippen LogP contribution in [0.2, 0.25) is 0 Å². The Bertz CT molecular complexity index is 810. The van der Waals surface area contributed by atoms with Crippen molar-refractivity contribution in [2.45, 2.75) is 9.79 Å². The molecule has 0 spiro atoms. The van der Waals surface area contributed by atoms with Gasteiger partial charge in [-0.15, -0.1) is 0 Å². The normalized spacial score (nSPS) is 12.2. The molecule has 22 heavy (non-hydrogen) atoms. The van der Waals surface area contributed by atoms with E-state index in [9.17, 15) is 9.00 Å². The van der Waals surface area contributed by atoms with Gasteiger partial charge in [0, 0.05) is 26.8 Å². The number of amides is 1. The first kappa shape index (κ1) is 14.8. The molecule has 112 valence electrons.